The van der Waals surface area contributed by atoms with Crippen LogP contribution in [-0.2, 0) is 17.8 Å². The van der Waals surface area contributed by atoms with Crippen LogP contribution in [0.2, 0.25) is 0 Å². The van der Waals surface area contributed by atoms with E-state index < -0.39 is 22.2 Å². The van der Waals surface area contributed by atoms with Crippen molar-refractivity contribution in [2.24, 2.45) is 5.41 Å². The zero-order valence-electron chi connectivity index (χ0n) is 15.7. The molecule has 7 nitrogen and oxygen atoms in total. The molecule has 0 bridgehead atoms. The van der Waals surface area contributed by atoms with E-state index in [2.05, 4.69) is 9.71 Å². The van der Waals surface area contributed by atoms with Crippen molar-refractivity contribution in [3.8, 4) is 5.75 Å². The minimum atomic E-state index is -1.24. The zero-order valence-corrected chi connectivity index (χ0v) is 16.6. The number of amides is 1. The highest BCUT2D eigenvalue weighted by atomic mass is 32.2. The summed E-state index contributed by atoms with van der Waals surface area (Å²) in [7, 11) is 1.61. The molecule has 3 rings (SSSR count). The second-order valence-corrected chi connectivity index (χ2v) is 10.1. The van der Waals surface area contributed by atoms with Crippen LogP contribution in [-0.4, -0.2) is 50.6 Å². The Hall–Kier alpha value is -1.51. The molecule has 2 aliphatic rings. The molecule has 1 aromatic rings. The van der Waals surface area contributed by atoms with Gasteiger partial charge in [0.2, 0.25) is 0 Å². The van der Waals surface area contributed by atoms with E-state index in [1.807, 2.05) is 26.8 Å². The van der Waals surface area contributed by atoms with Gasteiger partial charge in [-0.15, -0.1) is 4.72 Å². The first-order chi connectivity index (χ1) is 12.2. The SMILES string of the molecule is COc1cnc2c(c1)C(N[S@+]([O-])C(C)(C)C)C1(CCN(C(=O)O)CC1)C2. The second-order valence-electron chi connectivity index (χ2n) is 8.15. The Labute approximate surface area is 157 Å². The second kappa shape index (κ2) is 6.90. The van der Waals surface area contributed by atoms with Crippen LogP contribution >= 0.6 is 0 Å². The molecule has 1 saturated heterocycles. The van der Waals surface area contributed by atoms with Gasteiger partial charge >= 0.3 is 6.09 Å². The number of piperidine rings is 1. The molecule has 8 heteroatoms. The van der Waals surface area contributed by atoms with Crippen molar-refractivity contribution in [1.82, 2.24) is 14.6 Å². The number of carbonyl (C=O) groups is 1. The van der Waals surface area contributed by atoms with Crippen LogP contribution in [0.4, 0.5) is 4.79 Å². The Morgan fingerprint density at radius 3 is 2.65 bits per heavy atom. The van der Waals surface area contributed by atoms with E-state index >= 15 is 0 Å². The molecule has 2 N–H and O–H groups in total. The maximum atomic E-state index is 12.8. The monoisotopic (exact) mass is 381 g/mol. The minimum absolute atomic E-state index is 0.129. The number of ether oxygens (including phenoxy) is 1. The Morgan fingerprint density at radius 1 is 1.46 bits per heavy atom. The number of pyridine rings is 1. The average molecular weight is 381 g/mol. The molecule has 1 spiro atoms. The lowest BCUT2D eigenvalue weighted by atomic mass is 9.73. The van der Waals surface area contributed by atoms with Crippen molar-refractivity contribution >= 4 is 17.5 Å². The molecule has 1 aliphatic heterocycles. The van der Waals surface area contributed by atoms with Gasteiger partial charge in [-0.2, -0.15) is 0 Å². The van der Waals surface area contributed by atoms with Crippen LogP contribution in [0.3, 0.4) is 0 Å². The van der Waals surface area contributed by atoms with Gasteiger partial charge in [0.1, 0.15) is 10.5 Å². The van der Waals surface area contributed by atoms with E-state index in [-0.39, 0.29) is 11.5 Å². The third-order valence-corrected chi connectivity index (χ3v) is 7.03. The van der Waals surface area contributed by atoms with Gasteiger partial charge in [0.25, 0.3) is 0 Å². The first-order valence-corrected chi connectivity index (χ1v) is 10.00. The van der Waals surface area contributed by atoms with Gasteiger partial charge in [-0.1, -0.05) is 0 Å². The third-order valence-electron chi connectivity index (χ3n) is 5.47. The number of nitrogens with one attached hydrogen (secondary N) is 1. The number of hydrogen-bond acceptors (Lipinski definition) is 5. The number of fused-ring (bicyclic) bond motifs is 1. The van der Waals surface area contributed by atoms with Gasteiger partial charge in [-0.25, -0.2) is 4.79 Å². The number of methoxy groups -OCH3 is 1. The predicted octanol–water partition coefficient (Wildman–Crippen LogP) is 2.50. The van der Waals surface area contributed by atoms with Gasteiger partial charge in [0.15, 0.2) is 0 Å². The van der Waals surface area contributed by atoms with Gasteiger partial charge < -0.3 is 19.3 Å². The summed E-state index contributed by atoms with van der Waals surface area (Å²) in [5.74, 6) is 0.678. The van der Waals surface area contributed by atoms with Crippen LogP contribution in [0.25, 0.3) is 0 Å². The van der Waals surface area contributed by atoms with E-state index in [4.69, 9.17) is 4.74 Å². The Balaban J connectivity index is 1.92. The Kier molecular flexibility index (Phi) is 5.11. The first-order valence-electron chi connectivity index (χ1n) is 8.85. The molecule has 1 unspecified atom stereocenters. The molecule has 0 radical (unpaired) electrons. The summed E-state index contributed by atoms with van der Waals surface area (Å²) in [4.78, 5) is 17.3. The normalized spacial score (nSPS) is 23.0. The summed E-state index contributed by atoms with van der Waals surface area (Å²) in [5, 5.41) is 9.26. The molecule has 144 valence electrons. The minimum Gasteiger partial charge on any atom is -0.598 e. The van der Waals surface area contributed by atoms with Crippen molar-refractivity contribution in [3.63, 3.8) is 0 Å². The van der Waals surface area contributed by atoms with Crippen molar-refractivity contribution in [2.45, 2.75) is 50.8 Å². The van der Waals surface area contributed by atoms with Crippen LogP contribution in [0, 0.1) is 5.41 Å². The number of carboxylic acid groups (broad SMARTS) is 1. The molecule has 0 saturated carbocycles. The molecule has 1 amide bonds. The van der Waals surface area contributed by atoms with E-state index in [0.717, 1.165) is 30.5 Å². The molecule has 1 aromatic heterocycles. The summed E-state index contributed by atoms with van der Waals surface area (Å²) >= 11 is -1.24. The Morgan fingerprint density at radius 2 is 2.12 bits per heavy atom. The van der Waals surface area contributed by atoms with Gasteiger partial charge in [0, 0.05) is 35.6 Å². The average Bonchev–Trinajstić information content (AvgIpc) is 2.87. The highest BCUT2D eigenvalue weighted by Crippen LogP contribution is 2.52. The third kappa shape index (κ3) is 3.50. The number of likely N-dealkylation sites (tertiary alicyclic amines) is 1. The van der Waals surface area contributed by atoms with Crippen molar-refractivity contribution in [3.05, 3.63) is 23.5 Å². The number of hydrogen-bond donors (Lipinski definition) is 2. The lowest BCUT2D eigenvalue weighted by Crippen LogP contribution is -2.50. The molecule has 2 atom stereocenters. The first kappa shape index (κ1) is 19.3. The fourth-order valence-corrected chi connectivity index (χ4v) is 4.79. The van der Waals surface area contributed by atoms with Crippen LogP contribution in [0.1, 0.15) is 50.9 Å². The summed E-state index contributed by atoms with van der Waals surface area (Å²) in [6.45, 7) is 6.79. The maximum Gasteiger partial charge on any atom is 0.407 e. The molecule has 2 heterocycles. The smallest absolute Gasteiger partial charge is 0.407 e. The van der Waals surface area contributed by atoms with Crippen LogP contribution in [0.5, 0.6) is 5.75 Å². The highest BCUT2D eigenvalue weighted by Gasteiger charge is 2.51. The number of rotatable bonds is 3. The Bertz CT molecular complexity index is 684. The van der Waals surface area contributed by atoms with Gasteiger partial charge in [-0.05, 0) is 51.7 Å². The van der Waals surface area contributed by atoms with E-state index in [9.17, 15) is 14.5 Å². The lowest BCUT2D eigenvalue weighted by Gasteiger charge is -2.43. The standard InChI is InChI=1S/C18H27N3O4S/c1-17(2,3)26(24)20-15-13-9-12(25-4)11-19-14(13)10-18(15)5-7-21(8-6-18)16(22)23/h9,11,15,20H,5-8,10H2,1-4H3,(H,22,23)/t15?,26-/m1/s1. The van der Waals surface area contributed by atoms with Gasteiger partial charge in [-0.3, -0.25) is 4.98 Å². The van der Waals surface area contributed by atoms with E-state index in [0.29, 0.717) is 18.8 Å². The summed E-state index contributed by atoms with van der Waals surface area (Å²) < 4.78 is 21.1. The van der Waals surface area contributed by atoms with Crippen LogP contribution in [0.15, 0.2) is 12.3 Å². The molecule has 26 heavy (non-hydrogen) atoms. The summed E-state index contributed by atoms with van der Waals surface area (Å²) in [5.41, 5.74) is 1.83. The van der Waals surface area contributed by atoms with E-state index in [1.165, 1.54) is 4.90 Å². The maximum absolute atomic E-state index is 12.8. The van der Waals surface area contributed by atoms with Crippen molar-refractivity contribution < 1.29 is 19.2 Å². The molecular weight excluding hydrogens is 354 g/mol. The van der Waals surface area contributed by atoms with Gasteiger partial charge in [0.05, 0.1) is 19.3 Å². The fourth-order valence-electron chi connectivity index (χ4n) is 3.85. The largest absolute Gasteiger partial charge is 0.598 e. The highest BCUT2D eigenvalue weighted by molar-refractivity contribution is 7.90. The van der Waals surface area contributed by atoms with Crippen LogP contribution < -0.4 is 9.46 Å². The molecule has 1 fully saturated rings. The topological polar surface area (TPSA) is 97.8 Å². The summed E-state index contributed by atoms with van der Waals surface area (Å²) in [6, 6.07) is 1.84. The molecule has 0 aromatic carbocycles. The molecular formula is C18H27N3O4S. The lowest BCUT2D eigenvalue weighted by molar-refractivity contribution is 0.0762. The zero-order chi connectivity index (χ0) is 19.1. The fraction of sp³-hybridized carbons (Fsp3) is 0.667. The predicted molar refractivity (Wildman–Crippen MR) is 99.5 cm³/mol. The molecule has 1 aliphatic carbocycles. The summed E-state index contributed by atoms with van der Waals surface area (Å²) in [6.07, 6.45) is 3.03. The quantitative estimate of drug-likeness (QED) is 0.781. The van der Waals surface area contributed by atoms with E-state index in [1.54, 1.807) is 13.3 Å². The van der Waals surface area contributed by atoms with Crippen molar-refractivity contribution in [2.75, 3.05) is 20.2 Å². The number of nitrogens with zero attached hydrogens (tertiary/aromatic N) is 2. The van der Waals surface area contributed by atoms with Crippen molar-refractivity contribution in [1.29, 1.82) is 0 Å². The number of aromatic nitrogens is 1.